The van der Waals surface area contributed by atoms with Gasteiger partial charge in [0, 0.05) is 0 Å². The van der Waals surface area contributed by atoms with Gasteiger partial charge in [0.15, 0.2) is 5.69 Å². The van der Waals surface area contributed by atoms with E-state index >= 15 is 0 Å². The van der Waals surface area contributed by atoms with Gasteiger partial charge in [0.05, 0.1) is 0 Å². The third-order valence-electron chi connectivity index (χ3n) is 1.65. The van der Waals surface area contributed by atoms with Crippen molar-refractivity contribution in [3.8, 4) is 5.75 Å². The third-order valence-corrected chi connectivity index (χ3v) is 1.65. The van der Waals surface area contributed by atoms with Crippen LogP contribution in [0.4, 0.5) is 5.69 Å². The summed E-state index contributed by atoms with van der Waals surface area (Å²) in [6, 6.07) is 3.51. The molecule has 0 aliphatic rings. The highest BCUT2D eigenvalue weighted by Crippen LogP contribution is 2.32. The smallest absolute Gasteiger partial charge is 0.152 e. The zero-order valence-corrected chi connectivity index (χ0v) is 6.46. The lowest BCUT2D eigenvalue weighted by Crippen LogP contribution is -1.78. The fourth-order valence-electron chi connectivity index (χ4n) is 0.897. The number of rotatable bonds is 1. The Morgan fingerprint density at radius 3 is 2.27 bits per heavy atom. The van der Waals surface area contributed by atoms with Gasteiger partial charge in [0.2, 0.25) is 0 Å². The second kappa shape index (κ2) is 2.70. The Bertz CT molecular complexity index is 294. The van der Waals surface area contributed by atoms with E-state index in [4.69, 9.17) is 0 Å². The molecule has 0 unspecified atom stereocenters. The molecule has 0 aliphatic heterocycles. The van der Waals surface area contributed by atoms with Crippen molar-refractivity contribution in [2.75, 3.05) is 0 Å². The molecule has 0 saturated heterocycles. The Labute approximate surface area is 64.7 Å². The van der Waals surface area contributed by atoms with Gasteiger partial charge in [0.1, 0.15) is 5.75 Å². The normalized spacial score (nSPS) is 9.64. The maximum Gasteiger partial charge on any atom is 0.152 e. The molecule has 1 aromatic rings. The first kappa shape index (κ1) is 7.72. The molecule has 0 atom stereocenters. The van der Waals surface area contributed by atoms with Gasteiger partial charge in [-0.15, -0.1) is 4.91 Å². The molecule has 3 heteroatoms. The Kier molecular flexibility index (Phi) is 1.89. The SMILES string of the molecule is Cc1ccc(C)c(N=O)c1O. The number of nitrogens with zero attached hydrogens (tertiary/aromatic N) is 1. The van der Waals surface area contributed by atoms with Crippen LogP contribution in [-0.2, 0) is 0 Å². The molecule has 0 bridgehead atoms. The second-order valence-electron chi connectivity index (χ2n) is 2.49. The Morgan fingerprint density at radius 2 is 1.82 bits per heavy atom. The van der Waals surface area contributed by atoms with Crippen LogP contribution in [0.25, 0.3) is 0 Å². The molecule has 1 aromatic carbocycles. The van der Waals surface area contributed by atoms with Crippen LogP contribution in [0.1, 0.15) is 11.1 Å². The molecule has 1 N–H and O–H groups in total. The second-order valence-corrected chi connectivity index (χ2v) is 2.49. The van der Waals surface area contributed by atoms with E-state index in [-0.39, 0.29) is 11.4 Å². The van der Waals surface area contributed by atoms with Crippen molar-refractivity contribution in [2.45, 2.75) is 13.8 Å². The van der Waals surface area contributed by atoms with E-state index in [0.717, 1.165) is 0 Å². The van der Waals surface area contributed by atoms with Crippen LogP contribution in [0.5, 0.6) is 5.75 Å². The van der Waals surface area contributed by atoms with E-state index in [1.807, 2.05) is 0 Å². The number of aromatic hydroxyl groups is 1. The van der Waals surface area contributed by atoms with E-state index in [9.17, 15) is 10.0 Å². The number of phenols is 1. The highest BCUT2D eigenvalue weighted by molar-refractivity contribution is 5.59. The lowest BCUT2D eigenvalue weighted by Gasteiger charge is -2.02. The molecule has 0 fully saturated rings. The molecule has 0 aliphatic carbocycles. The van der Waals surface area contributed by atoms with Crippen molar-refractivity contribution in [1.29, 1.82) is 0 Å². The summed E-state index contributed by atoms with van der Waals surface area (Å²) in [5.74, 6) is -0.0139. The summed E-state index contributed by atoms with van der Waals surface area (Å²) in [7, 11) is 0. The van der Waals surface area contributed by atoms with Gasteiger partial charge in [-0.25, -0.2) is 0 Å². The molecule has 11 heavy (non-hydrogen) atoms. The molecule has 0 spiro atoms. The van der Waals surface area contributed by atoms with Gasteiger partial charge in [-0.3, -0.25) is 0 Å². The first-order valence-corrected chi connectivity index (χ1v) is 3.29. The van der Waals surface area contributed by atoms with E-state index in [1.165, 1.54) is 0 Å². The van der Waals surface area contributed by atoms with Crippen molar-refractivity contribution in [3.63, 3.8) is 0 Å². The molecular weight excluding hydrogens is 142 g/mol. The highest BCUT2D eigenvalue weighted by atomic mass is 16.3. The molecule has 0 radical (unpaired) electrons. The summed E-state index contributed by atoms with van der Waals surface area (Å²) in [5.41, 5.74) is 1.51. The van der Waals surface area contributed by atoms with Gasteiger partial charge >= 0.3 is 0 Å². The molecule has 58 valence electrons. The predicted molar refractivity (Wildman–Crippen MR) is 43.0 cm³/mol. The van der Waals surface area contributed by atoms with Gasteiger partial charge in [0.25, 0.3) is 0 Å². The Hall–Kier alpha value is -1.38. The number of hydrogen-bond acceptors (Lipinski definition) is 3. The third kappa shape index (κ3) is 1.22. The standard InChI is InChI=1S/C8H9NO2/c1-5-3-4-6(2)8(10)7(5)9-11/h3-4,10H,1-2H3. The molecule has 1 rings (SSSR count). The number of phenolic OH excluding ortho intramolecular Hbond substituents is 1. The van der Waals surface area contributed by atoms with Crippen molar-refractivity contribution < 1.29 is 5.11 Å². The molecule has 0 heterocycles. The molecule has 0 saturated carbocycles. The van der Waals surface area contributed by atoms with Crippen molar-refractivity contribution in [2.24, 2.45) is 5.18 Å². The fraction of sp³-hybridized carbons (Fsp3) is 0.250. The fourth-order valence-corrected chi connectivity index (χ4v) is 0.897. The average Bonchev–Trinajstić information content (AvgIpc) is 1.99. The quantitative estimate of drug-likeness (QED) is 0.626. The predicted octanol–water partition coefficient (Wildman–Crippen LogP) is 2.41. The van der Waals surface area contributed by atoms with Gasteiger partial charge in [-0.2, -0.15) is 0 Å². The van der Waals surface area contributed by atoms with E-state index in [1.54, 1.807) is 26.0 Å². The van der Waals surface area contributed by atoms with Crippen molar-refractivity contribution in [3.05, 3.63) is 28.2 Å². The Balaban J connectivity index is 3.40. The lowest BCUT2D eigenvalue weighted by molar-refractivity contribution is 0.472. The van der Waals surface area contributed by atoms with E-state index < -0.39 is 0 Å². The average molecular weight is 151 g/mol. The Morgan fingerprint density at radius 1 is 1.27 bits per heavy atom. The van der Waals surface area contributed by atoms with E-state index in [2.05, 4.69) is 5.18 Å². The van der Waals surface area contributed by atoms with Crippen molar-refractivity contribution in [1.82, 2.24) is 0 Å². The highest BCUT2D eigenvalue weighted by Gasteiger charge is 2.06. The number of hydrogen-bond donors (Lipinski definition) is 1. The molecule has 3 nitrogen and oxygen atoms in total. The van der Waals surface area contributed by atoms with Gasteiger partial charge in [-0.1, -0.05) is 12.1 Å². The number of benzene rings is 1. The van der Waals surface area contributed by atoms with Gasteiger partial charge in [-0.05, 0) is 30.2 Å². The summed E-state index contributed by atoms with van der Waals surface area (Å²) in [6.07, 6.45) is 0. The maximum absolute atomic E-state index is 10.2. The summed E-state index contributed by atoms with van der Waals surface area (Å²) < 4.78 is 0. The van der Waals surface area contributed by atoms with Crippen LogP contribution < -0.4 is 0 Å². The number of nitroso groups, excluding NO2 is 1. The van der Waals surface area contributed by atoms with Crippen LogP contribution in [-0.4, -0.2) is 5.11 Å². The number of aryl methyl sites for hydroxylation is 2. The molecule has 0 amide bonds. The summed E-state index contributed by atoms with van der Waals surface area (Å²) >= 11 is 0. The zero-order valence-electron chi connectivity index (χ0n) is 6.46. The minimum atomic E-state index is -0.0139. The summed E-state index contributed by atoms with van der Waals surface area (Å²) in [4.78, 5) is 10.2. The maximum atomic E-state index is 10.2. The monoisotopic (exact) mass is 151 g/mol. The first-order valence-electron chi connectivity index (χ1n) is 3.29. The van der Waals surface area contributed by atoms with Crippen LogP contribution in [0, 0.1) is 18.8 Å². The van der Waals surface area contributed by atoms with Crippen molar-refractivity contribution >= 4 is 5.69 Å². The lowest BCUT2D eigenvalue weighted by atomic mass is 10.1. The summed E-state index contributed by atoms with van der Waals surface area (Å²) in [6.45, 7) is 3.46. The zero-order chi connectivity index (χ0) is 8.43. The molecule has 0 aromatic heterocycles. The van der Waals surface area contributed by atoms with Crippen LogP contribution >= 0.6 is 0 Å². The van der Waals surface area contributed by atoms with Gasteiger partial charge < -0.3 is 5.11 Å². The summed E-state index contributed by atoms with van der Waals surface area (Å²) in [5, 5.41) is 12.0. The molecular formula is C8H9NO2. The minimum absolute atomic E-state index is 0.0139. The van der Waals surface area contributed by atoms with Crippen LogP contribution in [0.15, 0.2) is 17.3 Å². The van der Waals surface area contributed by atoms with Crippen LogP contribution in [0.2, 0.25) is 0 Å². The topological polar surface area (TPSA) is 49.7 Å². The minimum Gasteiger partial charge on any atom is -0.505 e. The largest absolute Gasteiger partial charge is 0.505 e. The first-order chi connectivity index (χ1) is 5.16. The van der Waals surface area contributed by atoms with E-state index in [0.29, 0.717) is 11.1 Å². The van der Waals surface area contributed by atoms with Crippen LogP contribution in [0.3, 0.4) is 0 Å².